The zero-order chi connectivity index (χ0) is 10.0. The fraction of sp³-hybridized carbons (Fsp3) is 0.900. The first-order chi connectivity index (χ1) is 6.06. The summed E-state index contributed by atoms with van der Waals surface area (Å²) in [4.78, 5) is 13.3. The molecule has 0 N–H and O–H groups in total. The van der Waals surface area contributed by atoms with Crippen molar-refractivity contribution in [2.24, 2.45) is 11.8 Å². The third-order valence-corrected chi connectivity index (χ3v) is 2.86. The first kappa shape index (κ1) is 10.5. The third-order valence-electron chi connectivity index (χ3n) is 2.86. The fourth-order valence-electron chi connectivity index (χ4n) is 1.51. The molecule has 0 aromatic rings. The van der Waals surface area contributed by atoms with E-state index in [1.807, 2.05) is 7.05 Å². The van der Waals surface area contributed by atoms with E-state index in [4.69, 9.17) is 4.74 Å². The van der Waals surface area contributed by atoms with Crippen molar-refractivity contribution in [3.63, 3.8) is 0 Å². The molecular formula is C10H19NO2. The van der Waals surface area contributed by atoms with Crippen LogP contribution < -0.4 is 0 Å². The van der Waals surface area contributed by atoms with Crippen LogP contribution in [-0.4, -0.2) is 37.6 Å². The lowest BCUT2D eigenvalue weighted by molar-refractivity contribution is -0.139. The maximum absolute atomic E-state index is 11.5. The Kier molecular flexibility index (Phi) is 3.31. The number of carbonyl (C=O) groups excluding carboxylic acids is 1. The van der Waals surface area contributed by atoms with Crippen LogP contribution in [0.3, 0.4) is 0 Å². The summed E-state index contributed by atoms with van der Waals surface area (Å²) in [7, 11) is 3.42. The lowest BCUT2D eigenvalue weighted by Gasteiger charge is -2.20. The minimum absolute atomic E-state index is 0.0848. The Morgan fingerprint density at radius 1 is 1.69 bits per heavy atom. The minimum Gasteiger partial charge on any atom is -0.372 e. The van der Waals surface area contributed by atoms with Crippen molar-refractivity contribution in [2.75, 3.05) is 20.7 Å². The summed E-state index contributed by atoms with van der Waals surface area (Å²) in [5.41, 5.74) is 0. The molecule has 0 radical (unpaired) electrons. The molecule has 76 valence electrons. The Hall–Kier alpha value is -0.570. The number of amides is 1. The normalized spacial score (nSPS) is 28.3. The standard InChI is InChI=1S/C10H19NO2/c1-7-5-9(7)6-11(3)10(12)8(2)13-4/h7-9H,5-6H2,1-4H3. The number of methoxy groups -OCH3 is 1. The van der Waals surface area contributed by atoms with Gasteiger partial charge < -0.3 is 9.64 Å². The number of hydrogen-bond acceptors (Lipinski definition) is 2. The van der Waals surface area contributed by atoms with Gasteiger partial charge in [-0.15, -0.1) is 0 Å². The maximum atomic E-state index is 11.5. The van der Waals surface area contributed by atoms with E-state index in [1.165, 1.54) is 6.42 Å². The van der Waals surface area contributed by atoms with E-state index in [9.17, 15) is 4.79 Å². The highest BCUT2D eigenvalue weighted by Gasteiger charge is 2.34. The van der Waals surface area contributed by atoms with Crippen molar-refractivity contribution < 1.29 is 9.53 Å². The van der Waals surface area contributed by atoms with Gasteiger partial charge in [-0.05, 0) is 25.2 Å². The molecular weight excluding hydrogens is 166 g/mol. The van der Waals surface area contributed by atoms with E-state index in [-0.39, 0.29) is 12.0 Å². The van der Waals surface area contributed by atoms with Crippen LogP contribution in [-0.2, 0) is 9.53 Å². The molecule has 1 aliphatic carbocycles. The van der Waals surface area contributed by atoms with Crippen molar-refractivity contribution in [1.82, 2.24) is 4.90 Å². The quantitative estimate of drug-likeness (QED) is 0.657. The second kappa shape index (κ2) is 4.09. The lowest BCUT2D eigenvalue weighted by Crippen LogP contribution is -2.37. The number of carbonyl (C=O) groups is 1. The molecule has 1 aliphatic rings. The van der Waals surface area contributed by atoms with Crippen LogP contribution in [0.2, 0.25) is 0 Å². The van der Waals surface area contributed by atoms with Crippen LogP contribution >= 0.6 is 0 Å². The predicted molar refractivity (Wildman–Crippen MR) is 51.4 cm³/mol. The van der Waals surface area contributed by atoms with E-state index in [0.717, 1.165) is 18.4 Å². The molecule has 0 saturated heterocycles. The summed E-state index contributed by atoms with van der Waals surface area (Å²) < 4.78 is 4.97. The zero-order valence-corrected chi connectivity index (χ0v) is 8.91. The Morgan fingerprint density at radius 3 is 2.62 bits per heavy atom. The molecule has 3 nitrogen and oxygen atoms in total. The summed E-state index contributed by atoms with van der Waals surface area (Å²) in [6.07, 6.45) is 0.956. The Balaban J connectivity index is 2.29. The van der Waals surface area contributed by atoms with E-state index in [1.54, 1.807) is 18.9 Å². The van der Waals surface area contributed by atoms with Gasteiger partial charge in [0, 0.05) is 20.7 Å². The summed E-state index contributed by atoms with van der Waals surface area (Å²) >= 11 is 0. The maximum Gasteiger partial charge on any atom is 0.251 e. The molecule has 1 saturated carbocycles. The first-order valence-corrected chi connectivity index (χ1v) is 4.84. The van der Waals surface area contributed by atoms with Gasteiger partial charge in [-0.3, -0.25) is 4.79 Å². The Morgan fingerprint density at radius 2 is 2.23 bits per heavy atom. The molecule has 3 unspecified atom stereocenters. The topological polar surface area (TPSA) is 29.5 Å². The predicted octanol–water partition coefficient (Wildman–Crippen LogP) is 1.14. The summed E-state index contributed by atoms with van der Waals surface area (Å²) in [6.45, 7) is 4.89. The van der Waals surface area contributed by atoms with Crippen LogP contribution in [0.25, 0.3) is 0 Å². The highest BCUT2D eigenvalue weighted by molar-refractivity contribution is 5.80. The van der Waals surface area contributed by atoms with Crippen molar-refractivity contribution in [3.8, 4) is 0 Å². The van der Waals surface area contributed by atoms with Crippen molar-refractivity contribution in [3.05, 3.63) is 0 Å². The minimum atomic E-state index is -0.306. The molecule has 3 atom stereocenters. The molecule has 1 rings (SSSR count). The van der Waals surface area contributed by atoms with E-state index >= 15 is 0 Å². The second-order valence-corrected chi connectivity index (χ2v) is 4.07. The molecule has 0 heterocycles. The van der Waals surface area contributed by atoms with Crippen molar-refractivity contribution in [2.45, 2.75) is 26.4 Å². The van der Waals surface area contributed by atoms with Crippen LogP contribution in [0.4, 0.5) is 0 Å². The number of hydrogen-bond donors (Lipinski definition) is 0. The van der Waals surface area contributed by atoms with E-state index < -0.39 is 0 Å². The number of rotatable bonds is 4. The molecule has 3 heteroatoms. The molecule has 1 fully saturated rings. The van der Waals surface area contributed by atoms with Gasteiger partial charge in [0.1, 0.15) is 6.10 Å². The van der Waals surface area contributed by atoms with Crippen LogP contribution in [0.1, 0.15) is 20.3 Å². The van der Waals surface area contributed by atoms with Gasteiger partial charge in [0.15, 0.2) is 0 Å². The first-order valence-electron chi connectivity index (χ1n) is 4.84. The fourth-order valence-corrected chi connectivity index (χ4v) is 1.51. The second-order valence-electron chi connectivity index (χ2n) is 4.07. The molecule has 13 heavy (non-hydrogen) atoms. The summed E-state index contributed by atoms with van der Waals surface area (Å²) in [5.74, 6) is 1.60. The highest BCUT2D eigenvalue weighted by atomic mass is 16.5. The molecule has 0 spiro atoms. The van der Waals surface area contributed by atoms with Gasteiger partial charge >= 0.3 is 0 Å². The van der Waals surface area contributed by atoms with Gasteiger partial charge in [-0.2, -0.15) is 0 Å². The lowest BCUT2D eigenvalue weighted by atomic mass is 10.3. The smallest absolute Gasteiger partial charge is 0.251 e. The molecule has 0 bridgehead atoms. The van der Waals surface area contributed by atoms with Crippen LogP contribution in [0.15, 0.2) is 0 Å². The third kappa shape index (κ3) is 2.69. The number of likely N-dealkylation sites (N-methyl/N-ethyl adjacent to an activating group) is 1. The van der Waals surface area contributed by atoms with Gasteiger partial charge in [0.25, 0.3) is 5.91 Å². The van der Waals surface area contributed by atoms with E-state index in [0.29, 0.717) is 0 Å². The van der Waals surface area contributed by atoms with Gasteiger partial charge in [0.05, 0.1) is 0 Å². The Labute approximate surface area is 80.1 Å². The van der Waals surface area contributed by atoms with E-state index in [2.05, 4.69) is 6.92 Å². The summed E-state index contributed by atoms with van der Waals surface area (Å²) in [6, 6.07) is 0. The highest BCUT2D eigenvalue weighted by Crippen LogP contribution is 2.37. The van der Waals surface area contributed by atoms with Crippen LogP contribution in [0.5, 0.6) is 0 Å². The van der Waals surface area contributed by atoms with Crippen molar-refractivity contribution in [1.29, 1.82) is 0 Å². The SMILES string of the molecule is COC(C)C(=O)N(C)CC1CC1C. The number of nitrogens with zero attached hydrogens (tertiary/aromatic N) is 1. The van der Waals surface area contributed by atoms with Crippen LogP contribution in [0, 0.1) is 11.8 Å². The van der Waals surface area contributed by atoms with Gasteiger partial charge in [-0.1, -0.05) is 6.92 Å². The molecule has 0 aromatic carbocycles. The summed E-state index contributed by atoms with van der Waals surface area (Å²) in [5, 5.41) is 0. The molecule has 0 aliphatic heterocycles. The monoisotopic (exact) mass is 185 g/mol. The van der Waals surface area contributed by atoms with Gasteiger partial charge in [-0.25, -0.2) is 0 Å². The largest absolute Gasteiger partial charge is 0.372 e. The number of ether oxygens (including phenoxy) is 1. The van der Waals surface area contributed by atoms with Crippen molar-refractivity contribution >= 4 is 5.91 Å². The van der Waals surface area contributed by atoms with Gasteiger partial charge in [0.2, 0.25) is 0 Å². The Bertz CT molecular complexity index is 193. The zero-order valence-electron chi connectivity index (χ0n) is 8.91. The average Bonchev–Trinajstić information content (AvgIpc) is 2.79. The molecule has 1 amide bonds. The molecule has 0 aromatic heterocycles. The average molecular weight is 185 g/mol.